The predicted octanol–water partition coefficient (Wildman–Crippen LogP) is 2.64. The number of para-hydroxylation sites is 2. The van der Waals surface area contributed by atoms with E-state index in [1.807, 2.05) is 0 Å². The predicted molar refractivity (Wildman–Crippen MR) is 112 cm³/mol. The Kier molecular flexibility index (Phi) is 5.49. The zero-order valence-corrected chi connectivity index (χ0v) is 16.0. The van der Waals surface area contributed by atoms with E-state index < -0.39 is 19.0 Å². The summed E-state index contributed by atoms with van der Waals surface area (Å²) in [4.78, 5) is 28.2. The second kappa shape index (κ2) is 8.38. The number of rotatable bonds is 6. The van der Waals surface area contributed by atoms with E-state index >= 15 is 0 Å². The minimum atomic E-state index is -1.26. The molecule has 0 amide bonds. The number of carbonyl (C=O) groups excluding carboxylic acids is 1. The fourth-order valence-corrected chi connectivity index (χ4v) is 3.55. The average Bonchev–Trinajstić information content (AvgIpc) is 2.75. The summed E-state index contributed by atoms with van der Waals surface area (Å²) in [7, 11) is -1.26. The molecule has 2 heterocycles. The molecule has 0 spiro atoms. The normalized spacial score (nSPS) is 15.1. The van der Waals surface area contributed by atoms with Gasteiger partial charge >= 0.3 is 13.1 Å². The maximum absolute atomic E-state index is 12.9. The highest BCUT2D eigenvalue weighted by atomic mass is 16.5. The number of hydrogen-bond acceptors (Lipinski definition) is 6. The maximum atomic E-state index is 12.9. The van der Waals surface area contributed by atoms with Gasteiger partial charge in [-0.3, -0.25) is 9.78 Å². The summed E-state index contributed by atoms with van der Waals surface area (Å²) in [6.45, 7) is 0. The number of benzene rings is 2. The van der Waals surface area contributed by atoms with Crippen LogP contribution in [0, 0.1) is 0 Å². The molecule has 0 saturated heterocycles. The van der Waals surface area contributed by atoms with Gasteiger partial charge in [-0.05, 0) is 47.9 Å². The van der Waals surface area contributed by atoms with Gasteiger partial charge in [-0.1, -0.05) is 24.3 Å². The van der Waals surface area contributed by atoms with Crippen molar-refractivity contribution in [2.45, 2.75) is 18.8 Å². The van der Waals surface area contributed by atoms with Gasteiger partial charge in [-0.2, -0.15) is 0 Å². The van der Waals surface area contributed by atoms with Crippen molar-refractivity contribution in [2.24, 2.45) is 0 Å². The minimum Gasteiger partial charge on any atom is -0.534 e. The van der Waals surface area contributed by atoms with Gasteiger partial charge in [0.1, 0.15) is 5.75 Å². The van der Waals surface area contributed by atoms with Gasteiger partial charge in [-0.15, -0.1) is 0 Å². The van der Waals surface area contributed by atoms with Crippen LogP contribution in [-0.2, 0) is 12.8 Å². The van der Waals surface area contributed by atoms with Crippen molar-refractivity contribution in [1.82, 2.24) is 4.98 Å². The lowest BCUT2D eigenvalue weighted by Crippen LogP contribution is -2.47. The first-order valence-corrected chi connectivity index (χ1v) is 9.50. The molecule has 8 heteroatoms. The van der Waals surface area contributed by atoms with Crippen LogP contribution >= 0.6 is 0 Å². The zero-order chi connectivity index (χ0) is 21.1. The Morgan fingerprint density at radius 3 is 2.57 bits per heavy atom. The monoisotopic (exact) mass is 402 g/mol. The van der Waals surface area contributed by atoms with Gasteiger partial charge in [-0.25, -0.2) is 4.79 Å². The summed E-state index contributed by atoms with van der Waals surface area (Å²) in [5.74, 6) is -1.55. The molecule has 3 N–H and O–H groups in total. The molecule has 1 atom stereocenters. The molecule has 1 unspecified atom stereocenters. The standard InChI is InChI=1S/C22H19BN2O5/c26-19(12-14-8-10-24-11-9-14)16-5-1-2-7-18(16)25-20-13-15-4-3-6-17(22(27)28)21(15)30-23(20)29/h1-11,20,25,29H,12-13H2,(H,27,28). The summed E-state index contributed by atoms with van der Waals surface area (Å²) >= 11 is 0. The second-order valence-electron chi connectivity index (χ2n) is 7.06. The smallest absolute Gasteiger partial charge is 0.534 e. The Labute approximate surface area is 173 Å². The van der Waals surface area contributed by atoms with Gasteiger partial charge in [0.05, 0.1) is 11.5 Å². The lowest BCUT2D eigenvalue weighted by atomic mass is 9.72. The lowest BCUT2D eigenvalue weighted by molar-refractivity contribution is 0.0694. The highest BCUT2D eigenvalue weighted by molar-refractivity contribution is 6.47. The molecular formula is C22H19BN2O5. The number of aromatic carboxylic acids is 1. The number of carboxylic acids is 1. The molecule has 2 aromatic carbocycles. The Morgan fingerprint density at radius 2 is 1.80 bits per heavy atom. The zero-order valence-electron chi connectivity index (χ0n) is 16.0. The first-order valence-electron chi connectivity index (χ1n) is 9.50. The van der Waals surface area contributed by atoms with E-state index in [2.05, 4.69) is 10.3 Å². The molecule has 0 aliphatic carbocycles. The van der Waals surface area contributed by atoms with Crippen LogP contribution < -0.4 is 9.97 Å². The van der Waals surface area contributed by atoms with E-state index in [1.165, 1.54) is 6.07 Å². The number of pyridine rings is 1. The number of anilines is 1. The summed E-state index contributed by atoms with van der Waals surface area (Å²) in [5, 5.41) is 23.0. The third-order valence-corrected chi connectivity index (χ3v) is 5.03. The Balaban J connectivity index is 1.56. The Bertz CT molecular complexity index is 1090. The Morgan fingerprint density at radius 1 is 1.07 bits per heavy atom. The first kappa shape index (κ1) is 19.7. The van der Waals surface area contributed by atoms with Crippen LogP contribution in [0.25, 0.3) is 0 Å². The van der Waals surface area contributed by atoms with Crippen LogP contribution in [0.4, 0.5) is 5.69 Å². The molecule has 0 saturated carbocycles. The molecular weight excluding hydrogens is 383 g/mol. The van der Waals surface area contributed by atoms with Crippen LogP contribution in [0.15, 0.2) is 67.0 Å². The number of nitrogens with zero attached hydrogens (tertiary/aromatic N) is 1. The summed E-state index contributed by atoms with van der Waals surface area (Å²) in [5.41, 5.74) is 2.64. The van der Waals surface area contributed by atoms with E-state index in [1.54, 1.807) is 60.9 Å². The number of aromatic nitrogens is 1. The highest BCUT2D eigenvalue weighted by Crippen LogP contribution is 2.31. The number of fused-ring (bicyclic) bond motifs is 1. The van der Waals surface area contributed by atoms with Crippen LogP contribution in [0.5, 0.6) is 5.75 Å². The fraction of sp³-hybridized carbons (Fsp3) is 0.136. The third-order valence-electron chi connectivity index (χ3n) is 5.03. The number of ketones is 1. The number of Topliss-reactive ketones (excluding diaryl/α,β-unsaturated/α-hetero) is 1. The number of hydrogen-bond donors (Lipinski definition) is 3. The fourth-order valence-electron chi connectivity index (χ4n) is 3.55. The van der Waals surface area contributed by atoms with E-state index in [-0.39, 0.29) is 23.5 Å². The van der Waals surface area contributed by atoms with E-state index in [0.29, 0.717) is 23.2 Å². The van der Waals surface area contributed by atoms with Crippen molar-refractivity contribution >= 4 is 24.6 Å². The summed E-state index contributed by atoms with van der Waals surface area (Å²) < 4.78 is 5.53. The largest absolute Gasteiger partial charge is 0.546 e. The second-order valence-corrected chi connectivity index (χ2v) is 7.06. The Hall–Kier alpha value is -3.65. The van der Waals surface area contributed by atoms with Crippen LogP contribution in [0.2, 0.25) is 0 Å². The third kappa shape index (κ3) is 4.04. The highest BCUT2D eigenvalue weighted by Gasteiger charge is 2.37. The first-order chi connectivity index (χ1) is 14.5. The van der Waals surface area contributed by atoms with E-state index in [4.69, 9.17) is 4.65 Å². The van der Waals surface area contributed by atoms with Gasteiger partial charge in [0, 0.05) is 30.1 Å². The van der Waals surface area contributed by atoms with Gasteiger partial charge < -0.3 is 20.1 Å². The molecule has 0 radical (unpaired) electrons. The minimum absolute atomic E-state index is 0.0120. The molecule has 150 valence electrons. The van der Waals surface area contributed by atoms with Gasteiger partial charge in [0.25, 0.3) is 0 Å². The lowest BCUT2D eigenvalue weighted by Gasteiger charge is -2.30. The molecule has 1 aliphatic heterocycles. The van der Waals surface area contributed by atoms with Crippen molar-refractivity contribution in [2.75, 3.05) is 5.32 Å². The molecule has 1 aliphatic rings. The molecule has 0 fully saturated rings. The molecule has 4 rings (SSSR count). The number of carbonyl (C=O) groups is 2. The van der Waals surface area contributed by atoms with E-state index in [0.717, 1.165) is 5.56 Å². The summed E-state index contributed by atoms with van der Waals surface area (Å²) in [6.07, 6.45) is 3.87. The maximum Gasteiger partial charge on any atom is 0.546 e. The topological polar surface area (TPSA) is 109 Å². The van der Waals surface area contributed by atoms with Crippen LogP contribution in [-0.4, -0.2) is 39.9 Å². The molecule has 7 nitrogen and oxygen atoms in total. The van der Waals surface area contributed by atoms with Crippen molar-refractivity contribution in [1.29, 1.82) is 0 Å². The van der Waals surface area contributed by atoms with Crippen LogP contribution in [0.1, 0.15) is 31.8 Å². The number of nitrogens with one attached hydrogen (secondary N) is 1. The van der Waals surface area contributed by atoms with Gasteiger partial charge in [0.2, 0.25) is 0 Å². The van der Waals surface area contributed by atoms with E-state index in [9.17, 15) is 19.7 Å². The SMILES string of the molecule is O=C(Cc1ccncc1)c1ccccc1NC1Cc2cccc(C(=O)O)c2OB1O. The van der Waals surface area contributed by atoms with Crippen molar-refractivity contribution < 1.29 is 24.4 Å². The van der Waals surface area contributed by atoms with Crippen molar-refractivity contribution in [3.05, 3.63) is 89.2 Å². The molecule has 1 aromatic heterocycles. The van der Waals surface area contributed by atoms with Crippen molar-refractivity contribution in [3.8, 4) is 5.75 Å². The molecule has 0 bridgehead atoms. The quantitative estimate of drug-likeness (QED) is 0.430. The van der Waals surface area contributed by atoms with Crippen molar-refractivity contribution in [3.63, 3.8) is 0 Å². The number of carboxylic acid groups (broad SMARTS) is 1. The summed E-state index contributed by atoms with van der Waals surface area (Å²) in [6, 6.07) is 15.5. The average molecular weight is 402 g/mol. The molecule has 3 aromatic rings. The van der Waals surface area contributed by atoms with Crippen LogP contribution in [0.3, 0.4) is 0 Å². The molecule has 30 heavy (non-hydrogen) atoms. The van der Waals surface area contributed by atoms with Gasteiger partial charge in [0.15, 0.2) is 5.78 Å².